The van der Waals surface area contributed by atoms with Gasteiger partial charge < -0.3 is 10.0 Å². The Bertz CT molecular complexity index is 399. The molecule has 5 heteroatoms. The number of aromatic nitrogens is 1. The molecule has 96 valence electrons. The van der Waals surface area contributed by atoms with Crippen LogP contribution in [0.5, 0.6) is 0 Å². The molecule has 0 aliphatic heterocycles. The maximum absolute atomic E-state index is 11.2. The van der Waals surface area contributed by atoms with E-state index < -0.39 is 11.4 Å². The number of hydrogen-bond acceptors (Lipinski definition) is 4. The summed E-state index contributed by atoms with van der Waals surface area (Å²) in [6, 6.07) is 0.368. The zero-order valence-electron chi connectivity index (χ0n) is 11.0. The van der Waals surface area contributed by atoms with Crippen LogP contribution in [0.25, 0.3) is 0 Å². The van der Waals surface area contributed by atoms with Gasteiger partial charge in [-0.05, 0) is 34.6 Å². The molecular formula is C12H20N2O2S. The van der Waals surface area contributed by atoms with Crippen LogP contribution in [0.4, 0.5) is 5.13 Å². The van der Waals surface area contributed by atoms with Gasteiger partial charge in [0.05, 0.1) is 5.69 Å². The predicted molar refractivity (Wildman–Crippen MR) is 70.9 cm³/mol. The molecule has 0 bridgehead atoms. The molecule has 1 heterocycles. The molecule has 17 heavy (non-hydrogen) atoms. The monoisotopic (exact) mass is 256 g/mol. The van der Waals surface area contributed by atoms with Gasteiger partial charge in [-0.15, -0.1) is 11.3 Å². The summed E-state index contributed by atoms with van der Waals surface area (Å²) in [6.07, 6.45) is 0. The lowest BCUT2D eigenvalue weighted by Gasteiger charge is -2.24. The molecule has 0 aromatic carbocycles. The second kappa shape index (κ2) is 5.04. The first-order chi connectivity index (χ1) is 7.80. The summed E-state index contributed by atoms with van der Waals surface area (Å²) < 4.78 is 0. The highest BCUT2D eigenvalue weighted by atomic mass is 32.1. The number of hydrogen-bond donors (Lipinski definition) is 1. The zero-order valence-corrected chi connectivity index (χ0v) is 11.8. The molecule has 4 nitrogen and oxygen atoms in total. The van der Waals surface area contributed by atoms with Crippen LogP contribution in [-0.4, -0.2) is 28.6 Å². The molecule has 1 rings (SSSR count). The summed E-state index contributed by atoms with van der Waals surface area (Å²) in [5.41, 5.74) is -0.297. The predicted octanol–water partition coefficient (Wildman–Crippen LogP) is 2.74. The molecule has 1 aromatic rings. The Labute approximate surface area is 106 Å². The van der Waals surface area contributed by atoms with Crippen LogP contribution < -0.4 is 4.90 Å². The van der Waals surface area contributed by atoms with Crippen molar-refractivity contribution in [3.05, 3.63) is 11.1 Å². The second-order valence-electron chi connectivity index (χ2n) is 4.83. The van der Waals surface area contributed by atoms with E-state index in [1.807, 2.05) is 5.38 Å². The van der Waals surface area contributed by atoms with Crippen molar-refractivity contribution >= 4 is 22.4 Å². The number of carbonyl (C=O) groups is 1. The van der Waals surface area contributed by atoms with Crippen molar-refractivity contribution in [2.75, 3.05) is 11.4 Å². The van der Waals surface area contributed by atoms with Crippen molar-refractivity contribution in [1.82, 2.24) is 4.98 Å². The fraction of sp³-hybridized carbons (Fsp3) is 0.667. The van der Waals surface area contributed by atoms with Crippen molar-refractivity contribution < 1.29 is 9.90 Å². The Balaban J connectivity index is 3.03. The van der Waals surface area contributed by atoms with Crippen LogP contribution in [-0.2, 0) is 10.2 Å². The molecule has 0 aliphatic rings. The maximum Gasteiger partial charge on any atom is 0.315 e. The van der Waals surface area contributed by atoms with Gasteiger partial charge in [0.25, 0.3) is 0 Å². The quantitative estimate of drug-likeness (QED) is 0.880. The van der Waals surface area contributed by atoms with E-state index in [1.54, 1.807) is 13.8 Å². The Morgan fingerprint density at radius 2 is 2.18 bits per heavy atom. The fourth-order valence-electron chi connectivity index (χ4n) is 1.51. The van der Waals surface area contributed by atoms with Crippen LogP contribution >= 0.6 is 11.3 Å². The first kappa shape index (κ1) is 14.0. The summed E-state index contributed by atoms with van der Waals surface area (Å²) in [5, 5.41) is 11.9. The van der Waals surface area contributed by atoms with Gasteiger partial charge in [0.15, 0.2) is 5.13 Å². The molecule has 0 unspecified atom stereocenters. The maximum atomic E-state index is 11.2. The topological polar surface area (TPSA) is 53.4 Å². The molecular weight excluding hydrogens is 236 g/mol. The van der Waals surface area contributed by atoms with Gasteiger partial charge in [-0.25, -0.2) is 4.98 Å². The van der Waals surface area contributed by atoms with Crippen LogP contribution in [0.1, 0.15) is 40.3 Å². The molecule has 1 N–H and O–H groups in total. The molecule has 0 atom stereocenters. The molecule has 0 saturated heterocycles. The zero-order chi connectivity index (χ0) is 13.2. The average Bonchev–Trinajstić information content (AvgIpc) is 2.67. The van der Waals surface area contributed by atoms with E-state index in [2.05, 4.69) is 30.7 Å². The van der Waals surface area contributed by atoms with E-state index in [0.29, 0.717) is 11.7 Å². The number of carboxylic acids is 1. The molecule has 0 aliphatic carbocycles. The third kappa shape index (κ3) is 2.77. The summed E-state index contributed by atoms with van der Waals surface area (Å²) >= 11 is 1.51. The van der Waals surface area contributed by atoms with Crippen LogP contribution in [0.3, 0.4) is 0 Å². The van der Waals surface area contributed by atoms with E-state index in [1.165, 1.54) is 11.3 Å². The summed E-state index contributed by atoms with van der Waals surface area (Å²) in [6.45, 7) is 10.5. The molecule has 1 aromatic heterocycles. The Hall–Kier alpha value is -1.10. The van der Waals surface area contributed by atoms with Crippen molar-refractivity contribution in [3.8, 4) is 0 Å². The largest absolute Gasteiger partial charge is 0.481 e. The second-order valence-corrected chi connectivity index (χ2v) is 5.66. The highest BCUT2D eigenvalue weighted by Gasteiger charge is 2.32. The summed E-state index contributed by atoms with van der Waals surface area (Å²) in [5.74, 6) is -0.845. The first-order valence-corrected chi connectivity index (χ1v) is 6.64. The van der Waals surface area contributed by atoms with Gasteiger partial charge in [0.1, 0.15) is 5.41 Å². The van der Waals surface area contributed by atoms with E-state index in [9.17, 15) is 4.79 Å². The van der Waals surface area contributed by atoms with Crippen LogP contribution in [0.2, 0.25) is 0 Å². The van der Waals surface area contributed by atoms with E-state index in [4.69, 9.17) is 5.11 Å². The third-order valence-corrected chi connectivity index (χ3v) is 3.75. The van der Waals surface area contributed by atoms with E-state index in [0.717, 1.165) is 11.7 Å². The fourth-order valence-corrected chi connectivity index (χ4v) is 2.70. The van der Waals surface area contributed by atoms with Crippen molar-refractivity contribution in [3.63, 3.8) is 0 Å². The standard InChI is InChI=1S/C12H20N2O2S/c1-6-14(8(2)3)11-13-9(7-17-11)12(4,5)10(15)16/h7-8H,6H2,1-5H3,(H,15,16). The van der Waals surface area contributed by atoms with E-state index in [-0.39, 0.29) is 0 Å². The minimum Gasteiger partial charge on any atom is -0.481 e. The van der Waals surface area contributed by atoms with Gasteiger partial charge in [-0.1, -0.05) is 0 Å². The van der Waals surface area contributed by atoms with Crippen molar-refractivity contribution in [2.24, 2.45) is 0 Å². The van der Waals surface area contributed by atoms with Gasteiger partial charge in [0, 0.05) is 18.0 Å². The van der Waals surface area contributed by atoms with Gasteiger partial charge in [-0.3, -0.25) is 4.79 Å². The lowest BCUT2D eigenvalue weighted by molar-refractivity contribution is -0.142. The number of rotatable bonds is 5. The number of anilines is 1. The van der Waals surface area contributed by atoms with Gasteiger partial charge in [-0.2, -0.15) is 0 Å². The third-order valence-electron chi connectivity index (χ3n) is 2.88. The van der Waals surface area contributed by atoms with Gasteiger partial charge in [0.2, 0.25) is 0 Å². The Morgan fingerprint density at radius 1 is 1.59 bits per heavy atom. The summed E-state index contributed by atoms with van der Waals surface area (Å²) in [7, 11) is 0. The first-order valence-electron chi connectivity index (χ1n) is 5.76. The average molecular weight is 256 g/mol. The van der Waals surface area contributed by atoms with E-state index >= 15 is 0 Å². The molecule has 0 radical (unpaired) electrons. The summed E-state index contributed by atoms with van der Waals surface area (Å²) in [4.78, 5) is 17.8. The highest BCUT2D eigenvalue weighted by Crippen LogP contribution is 2.29. The van der Waals surface area contributed by atoms with Crippen LogP contribution in [0, 0.1) is 0 Å². The number of thiazole rings is 1. The van der Waals surface area contributed by atoms with Crippen LogP contribution in [0.15, 0.2) is 5.38 Å². The van der Waals surface area contributed by atoms with Crippen molar-refractivity contribution in [2.45, 2.75) is 46.1 Å². The normalized spacial score (nSPS) is 11.9. The number of aliphatic carboxylic acids is 1. The lowest BCUT2D eigenvalue weighted by Crippen LogP contribution is -2.31. The highest BCUT2D eigenvalue weighted by molar-refractivity contribution is 7.13. The molecule has 0 spiro atoms. The minimum absolute atomic E-state index is 0.368. The Kier molecular flexibility index (Phi) is 4.14. The number of nitrogens with zero attached hydrogens (tertiary/aromatic N) is 2. The minimum atomic E-state index is -0.925. The molecule has 0 amide bonds. The molecule has 0 fully saturated rings. The lowest BCUT2D eigenvalue weighted by atomic mass is 9.90. The van der Waals surface area contributed by atoms with Crippen molar-refractivity contribution in [1.29, 1.82) is 0 Å². The Morgan fingerprint density at radius 3 is 2.59 bits per heavy atom. The smallest absolute Gasteiger partial charge is 0.315 e. The number of carboxylic acid groups (broad SMARTS) is 1. The SMILES string of the molecule is CCN(c1nc(C(C)(C)C(=O)O)cs1)C(C)C. The molecule has 0 saturated carbocycles. The van der Waals surface area contributed by atoms with Gasteiger partial charge >= 0.3 is 5.97 Å².